The lowest BCUT2D eigenvalue weighted by molar-refractivity contribution is 0.337. The van der Waals surface area contributed by atoms with Gasteiger partial charge < -0.3 is 14.8 Å². The Hall–Kier alpha value is -2.07. The molecule has 2 rings (SSSR count). The van der Waals surface area contributed by atoms with Crippen LogP contribution >= 0.6 is 0 Å². The molecule has 0 saturated carbocycles. The van der Waals surface area contributed by atoms with Crippen molar-refractivity contribution in [1.82, 2.24) is 10.3 Å². The van der Waals surface area contributed by atoms with Crippen molar-refractivity contribution in [2.24, 2.45) is 0 Å². The molecule has 0 spiro atoms. The van der Waals surface area contributed by atoms with Gasteiger partial charge in [0.15, 0.2) is 0 Å². The van der Waals surface area contributed by atoms with Crippen LogP contribution in [0.3, 0.4) is 0 Å². The minimum Gasteiger partial charge on any atom is -0.494 e. The molecule has 0 amide bonds. The third kappa shape index (κ3) is 4.20. The van der Waals surface area contributed by atoms with E-state index in [1.807, 2.05) is 43.3 Å². The van der Waals surface area contributed by atoms with Crippen molar-refractivity contribution >= 4 is 0 Å². The smallest absolute Gasteiger partial charge is 0.223 e. The predicted molar refractivity (Wildman–Crippen MR) is 84.0 cm³/mol. The fourth-order valence-corrected chi connectivity index (χ4v) is 2.14. The zero-order valence-corrected chi connectivity index (χ0v) is 12.8. The van der Waals surface area contributed by atoms with Crippen LogP contribution in [0.5, 0.6) is 17.4 Å². The Morgan fingerprint density at radius 2 is 1.95 bits per heavy atom. The molecule has 0 aliphatic heterocycles. The number of hydrogen-bond donors (Lipinski definition) is 1. The van der Waals surface area contributed by atoms with Crippen LogP contribution in [0.4, 0.5) is 0 Å². The van der Waals surface area contributed by atoms with E-state index in [2.05, 4.69) is 24.1 Å². The first kappa shape index (κ1) is 15.3. The number of benzene rings is 1. The minimum absolute atomic E-state index is 0.189. The predicted octanol–water partition coefficient (Wildman–Crippen LogP) is 3.94. The molecule has 2 aromatic rings. The number of ether oxygens (including phenoxy) is 2. The van der Waals surface area contributed by atoms with Gasteiger partial charge in [-0.25, -0.2) is 4.98 Å². The van der Waals surface area contributed by atoms with Crippen molar-refractivity contribution in [1.29, 1.82) is 0 Å². The molecule has 0 aliphatic rings. The van der Waals surface area contributed by atoms with Gasteiger partial charge in [0.1, 0.15) is 11.5 Å². The second kappa shape index (κ2) is 7.64. The molecule has 4 heteroatoms. The lowest BCUT2D eigenvalue weighted by Gasteiger charge is -2.16. The van der Waals surface area contributed by atoms with Gasteiger partial charge in [-0.3, -0.25) is 0 Å². The zero-order valence-electron chi connectivity index (χ0n) is 12.8. The summed E-state index contributed by atoms with van der Waals surface area (Å²) in [7, 11) is 0. The Morgan fingerprint density at radius 3 is 2.71 bits per heavy atom. The summed E-state index contributed by atoms with van der Waals surface area (Å²) in [6, 6.07) is 11.7. The molecular weight excluding hydrogens is 264 g/mol. The Morgan fingerprint density at radius 1 is 1.14 bits per heavy atom. The Kier molecular flexibility index (Phi) is 5.58. The lowest BCUT2D eigenvalue weighted by atomic mass is 10.1. The van der Waals surface area contributed by atoms with Crippen molar-refractivity contribution < 1.29 is 9.47 Å². The first-order valence-corrected chi connectivity index (χ1v) is 7.33. The highest BCUT2D eigenvalue weighted by atomic mass is 16.5. The van der Waals surface area contributed by atoms with Crippen LogP contribution in [-0.2, 0) is 0 Å². The fraction of sp³-hybridized carbons (Fsp3) is 0.353. The van der Waals surface area contributed by atoms with Gasteiger partial charge in [0, 0.05) is 23.9 Å². The third-order valence-corrected chi connectivity index (χ3v) is 3.11. The summed E-state index contributed by atoms with van der Waals surface area (Å²) >= 11 is 0. The van der Waals surface area contributed by atoms with E-state index in [1.165, 1.54) is 0 Å². The Balaban J connectivity index is 2.21. The van der Waals surface area contributed by atoms with Gasteiger partial charge in [-0.05, 0) is 38.6 Å². The summed E-state index contributed by atoms with van der Waals surface area (Å²) in [6.45, 7) is 7.68. The Bertz CT molecular complexity index is 572. The van der Waals surface area contributed by atoms with E-state index < -0.39 is 0 Å². The van der Waals surface area contributed by atoms with Crippen LogP contribution in [0.15, 0.2) is 42.6 Å². The highest BCUT2D eigenvalue weighted by Gasteiger charge is 2.12. The van der Waals surface area contributed by atoms with Crippen LogP contribution in [0.25, 0.3) is 0 Å². The second-order valence-corrected chi connectivity index (χ2v) is 4.69. The largest absolute Gasteiger partial charge is 0.494 e. The third-order valence-electron chi connectivity index (χ3n) is 3.11. The number of pyridine rings is 1. The van der Waals surface area contributed by atoms with Crippen molar-refractivity contribution in [2.45, 2.75) is 26.8 Å². The number of nitrogens with zero attached hydrogens (tertiary/aromatic N) is 1. The molecular formula is C17H22N2O2. The maximum Gasteiger partial charge on any atom is 0.223 e. The summed E-state index contributed by atoms with van der Waals surface area (Å²) < 4.78 is 11.4. The summed E-state index contributed by atoms with van der Waals surface area (Å²) in [5, 5.41) is 3.37. The van der Waals surface area contributed by atoms with Gasteiger partial charge >= 0.3 is 0 Å². The first-order chi connectivity index (χ1) is 10.2. The van der Waals surface area contributed by atoms with E-state index in [0.29, 0.717) is 12.5 Å². The van der Waals surface area contributed by atoms with E-state index in [1.54, 1.807) is 6.20 Å². The molecule has 1 aromatic carbocycles. The average Bonchev–Trinajstić information content (AvgIpc) is 2.49. The van der Waals surface area contributed by atoms with Crippen molar-refractivity contribution in [3.63, 3.8) is 0 Å². The summed E-state index contributed by atoms with van der Waals surface area (Å²) in [5.41, 5.74) is 1.04. The molecule has 0 radical (unpaired) electrons. The van der Waals surface area contributed by atoms with Gasteiger partial charge in [0.2, 0.25) is 5.88 Å². The van der Waals surface area contributed by atoms with Gasteiger partial charge in [-0.15, -0.1) is 0 Å². The topological polar surface area (TPSA) is 43.4 Å². The summed E-state index contributed by atoms with van der Waals surface area (Å²) in [4.78, 5) is 4.35. The molecule has 112 valence electrons. The van der Waals surface area contributed by atoms with Crippen LogP contribution in [0.1, 0.15) is 32.4 Å². The summed E-state index contributed by atoms with van der Waals surface area (Å²) in [6.07, 6.45) is 1.74. The van der Waals surface area contributed by atoms with Gasteiger partial charge in [-0.2, -0.15) is 0 Å². The monoisotopic (exact) mass is 286 g/mol. The van der Waals surface area contributed by atoms with E-state index >= 15 is 0 Å². The second-order valence-electron chi connectivity index (χ2n) is 4.69. The molecule has 4 nitrogen and oxygen atoms in total. The maximum atomic E-state index is 5.93. The quantitative estimate of drug-likeness (QED) is 0.837. The number of hydrogen-bond acceptors (Lipinski definition) is 4. The normalized spacial score (nSPS) is 12.0. The standard InChI is InChI=1S/C17H22N2O2/c1-4-18-13(3)16-10-7-11-19-17(16)21-15-9-6-8-14(12-15)20-5-2/h6-13,18H,4-5H2,1-3H3. The Labute approximate surface area is 126 Å². The first-order valence-electron chi connectivity index (χ1n) is 7.33. The minimum atomic E-state index is 0.189. The number of nitrogens with one attached hydrogen (secondary N) is 1. The van der Waals surface area contributed by atoms with Crippen molar-refractivity contribution in [3.8, 4) is 17.4 Å². The molecule has 0 fully saturated rings. The van der Waals surface area contributed by atoms with E-state index in [0.717, 1.165) is 23.6 Å². The highest BCUT2D eigenvalue weighted by Crippen LogP contribution is 2.29. The number of rotatable bonds is 7. The SMILES string of the molecule is CCNC(C)c1cccnc1Oc1cccc(OCC)c1. The molecule has 0 aliphatic carbocycles. The zero-order chi connectivity index (χ0) is 15.1. The van der Waals surface area contributed by atoms with E-state index in [4.69, 9.17) is 9.47 Å². The lowest BCUT2D eigenvalue weighted by Crippen LogP contribution is -2.18. The van der Waals surface area contributed by atoms with Gasteiger partial charge in [0.25, 0.3) is 0 Å². The maximum absolute atomic E-state index is 5.93. The molecule has 1 N–H and O–H groups in total. The fourth-order valence-electron chi connectivity index (χ4n) is 2.14. The molecule has 0 bridgehead atoms. The van der Waals surface area contributed by atoms with Crippen molar-refractivity contribution in [3.05, 3.63) is 48.2 Å². The molecule has 21 heavy (non-hydrogen) atoms. The molecule has 1 aromatic heterocycles. The van der Waals surface area contributed by atoms with Gasteiger partial charge in [-0.1, -0.05) is 19.1 Å². The molecule has 0 saturated heterocycles. The van der Waals surface area contributed by atoms with Gasteiger partial charge in [0.05, 0.1) is 6.61 Å². The summed E-state index contributed by atoms with van der Waals surface area (Å²) in [5.74, 6) is 2.15. The molecule has 1 heterocycles. The van der Waals surface area contributed by atoms with Crippen LogP contribution in [0.2, 0.25) is 0 Å². The van der Waals surface area contributed by atoms with Crippen LogP contribution in [-0.4, -0.2) is 18.1 Å². The molecule has 1 unspecified atom stereocenters. The molecule has 1 atom stereocenters. The van der Waals surface area contributed by atoms with Crippen LogP contribution < -0.4 is 14.8 Å². The van der Waals surface area contributed by atoms with Crippen molar-refractivity contribution in [2.75, 3.05) is 13.2 Å². The number of aromatic nitrogens is 1. The van der Waals surface area contributed by atoms with E-state index in [-0.39, 0.29) is 6.04 Å². The average molecular weight is 286 g/mol. The van der Waals surface area contributed by atoms with E-state index in [9.17, 15) is 0 Å². The highest BCUT2D eigenvalue weighted by molar-refractivity contribution is 5.38. The van der Waals surface area contributed by atoms with Crippen LogP contribution in [0, 0.1) is 0 Å².